The van der Waals surface area contributed by atoms with Crippen LogP contribution >= 0.6 is 0 Å². The maximum Gasteiger partial charge on any atom is 0.331 e. The first-order valence-electron chi connectivity index (χ1n) is 12.4. The number of H-pyrrole nitrogens is 1. The molecule has 0 aliphatic carbocycles. The third kappa shape index (κ3) is 4.72. The van der Waals surface area contributed by atoms with E-state index in [4.69, 9.17) is 24.7 Å². The van der Waals surface area contributed by atoms with Crippen LogP contribution in [0.2, 0.25) is 0 Å². The largest absolute Gasteiger partial charge is 0.460 e. The normalized spacial score (nSPS) is 21.5. The summed E-state index contributed by atoms with van der Waals surface area (Å²) in [6.07, 6.45) is -2.91. The molecule has 1 aliphatic rings. The fourth-order valence-electron chi connectivity index (χ4n) is 4.76. The molecule has 0 radical (unpaired) electrons. The molecule has 5 N–H and O–H groups in total. The van der Waals surface area contributed by atoms with Gasteiger partial charge in [-0.1, -0.05) is 60.7 Å². The summed E-state index contributed by atoms with van der Waals surface area (Å²) in [5.74, 6) is -5.08. The zero-order valence-corrected chi connectivity index (χ0v) is 21.8. The Bertz CT molecular complexity index is 1550. The number of aromatic nitrogens is 4. The van der Waals surface area contributed by atoms with Gasteiger partial charge in [-0.2, -0.15) is 4.98 Å². The number of esters is 2. The standard InChI is InChI=1S/C27H27N5O9/c1-38-26(14-33)21(35)27(23(36)39-12-16-8-4-2-5-9-16,24(37)40-13-17-10-6-3-7-11-17)22(41-26)32-15-29-18-19(32)30-25(28)31-20(18)34/h2-11,15,21-22,33,35H,12-14H2,1H3,(H3,28,30,31,34)/t21-,22-,26+/m1/s1. The van der Waals surface area contributed by atoms with Crippen LogP contribution in [0.1, 0.15) is 17.4 Å². The van der Waals surface area contributed by atoms with Gasteiger partial charge < -0.3 is 34.9 Å². The highest BCUT2D eigenvalue weighted by Gasteiger charge is 2.75. The number of nitrogens with one attached hydrogen (secondary N) is 1. The van der Waals surface area contributed by atoms with Crippen molar-refractivity contribution in [3.63, 3.8) is 0 Å². The van der Waals surface area contributed by atoms with E-state index in [1.807, 2.05) is 0 Å². The lowest BCUT2D eigenvalue weighted by Crippen LogP contribution is -2.57. The van der Waals surface area contributed by atoms with Gasteiger partial charge in [0, 0.05) is 7.11 Å². The SMILES string of the molecule is CO[C@@]1(CO)O[C@@H](n2cnc3c(=O)[nH]c(N)nc32)C(C(=O)OCc2ccccc2)(C(=O)OCc2ccccc2)[C@@H]1O. The van der Waals surface area contributed by atoms with Crippen molar-refractivity contribution >= 4 is 29.1 Å². The summed E-state index contributed by atoms with van der Waals surface area (Å²) < 4.78 is 23.5. The molecule has 3 atom stereocenters. The van der Waals surface area contributed by atoms with E-state index >= 15 is 0 Å². The van der Waals surface area contributed by atoms with E-state index in [0.29, 0.717) is 11.1 Å². The minimum atomic E-state index is -2.70. The van der Waals surface area contributed by atoms with Gasteiger partial charge in [-0.3, -0.25) is 23.9 Å². The summed E-state index contributed by atoms with van der Waals surface area (Å²) in [5.41, 5.74) is 3.16. The number of carbonyl (C=O) groups is 2. The lowest BCUT2D eigenvalue weighted by atomic mass is 9.78. The van der Waals surface area contributed by atoms with E-state index in [-0.39, 0.29) is 30.3 Å². The Morgan fingerprint density at radius 3 is 2.12 bits per heavy atom. The van der Waals surface area contributed by atoms with Crippen molar-refractivity contribution < 1.29 is 38.7 Å². The van der Waals surface area contributed by atoms with Crippen LogP contribution < -0.4 is 11.3 Å². The first kappa shape index (κ1) is 27.9. The molecule has 0 unspecified atom stereocenters. The smallest absolute Gasteiger partial charge is 0.331 e. The predicted molar refractivity (Wildman–Crippen MR) is 140 cm³/mol. The molecule has 1 fully saturated rings. The molecular weight excluding hydrogens is 538 g/mol. The van der Waals surface area contributed by atoms with Crippen molar-refractivity contribution in [3.05, 3.63) is 88.5 Å². The zero-order valence-electron chi connectivity index (χ0n) is 21.8. The molecule has 14 heteroatoms. The van der Waals surface area contributed by atoms with Gasteiger partial charge in [0.25, 0.3) is 5.56 Å². The molecule has 0 bridgehead atoms. The number of carbonyl (C=O) groups excluding carboxylic acids is 2. The number of aliphatic hydroxyl groups excluding tert-OH is 2. The van der Waals surface area contributed by atoms with Gasteiger partial charge in [0.15, 0.2) is 17.4 Å². The van der Waals surface area contributed by atoms with Crippen LogP contribution in [0.5, 0.6) is 0 Å². The number of fused-ring (bicyclic) bond motifs is 1. The molecule has 0 saturated carbocycles. The fraction of sp³-hybridized carbons (Fsp3) is 0.296. The molecule has 0 amide bonds. The predicted octanol–water partition coefficient (Wildman–Crippen LogP) is 0.400. The fourth-order valence-corrected chi connectivity index (χ4v) is 4.76. The van der Waals surface area contributed by atoms with E-state index in [1.165, 1.54) is 0 Å². The van der Waals surface area contributed by atoms with E-state index in [1.54, 1.807) is 60.7 Å². The maximum absolute atomic E-state index is 14.1. The molecule has 0 spiro atoms. The molecule has 214 valence electrons. The van der Waals surface area contributed by atoms with Gasteiger partial charge in [0.1, 0.15) is 25.9 Å². The molecule has 3 heterocycles. The van der Waals surface area contributed by atoms with Crippen molar-refractivity contribution in [2.24, 2.45) is 5.41 Å². The lowest BCUT2D eigenvalue weighted by Gasteiger charge is -2.33. The maximum atomic E-state index is 14.1. The van der Waals surface area contributed by atoms with Crippen LogP contribution in [0.3, 0.4) is 0 Å². The van der Waals surface area contributed by atoms with Crippen molar-refractivity contribution in [1.29, 1.82) is 0 Å². The molecule has 1 saturated heterocycles. The number of nitrogen functional groups attached to an aromatic ring is 1. The van der Waals surface area contributed by atoms with Crippen LogP contribution in [-0.4, -0.2) is 67.3 Å². The van der Waals surface area contributed by atoms with Crippen LogP contribution in [0.15, 0.2) is 71.8 Å². The topological polar surface area (TPSA) is 201 Å². The summed E-state index contributed by atoms with van der Waals surface area (Å²) >= 11 is 0. The second-order valence-corrected chi connectivity index (χ2v) is 9.31. The minimum absolute atomic E-state index is 0.176. The molecule has 1 aliphatic heterocycles. The molecular formula is C27H27N5O9. The van der Waals surface area contributed by atoms with E-state index < -0.39 is 47.6 Å². The average molecular weight is 566 g/mol. The number of ether oxygens (including phenoxy) is 4. The summed E-state index contributed by atoms with van der Waals surface area (Å²) in [4.78, 5) is 51.0. The summed E-state index contributed by atoms with van der Waals surface area (Å²) in [7, 11) is 1.12. The van der Waals surface area contributed by atoms with E-state index in [2.05, 4.69) is 15.0 Å². The molecule has 2 aromatic heterocycles. The number of hydrogen-bond acceptors (Lipinski definition) is 12. The second-order valence-electron chi connectivity index (χ2n) is 9.31. The molecule has 4 aromatic rings. The Morgan fingerprint density at radius 2 is 1.61 bits per heavy atom. The highest BCUT2D eigenvalue weighted by Crippen LogP contribution is 2.53. The molecule has 5 rings (SSSR count). The van der Waals surface area contributed by atoms with Crippen LogP contribution in [0.4, 0.5) is 5.95 Å². The summed E-state index contributed by atoms with van der Waals surface area (Å²) in [5, 5.41) is 22.0. The Morgan fingerprint density at radius 1 is 1.05 bits per heavy atom. The number of aliphatic hydroxyl groups is 2. The number of aromatic amines is 1. The number of benzene rings is 2. The van der Waals surface area contributed by atoms with Gasteiger partial charge in [0.05, 0.1) is 6.33 Å². The number of anilines is 1. The first-order valence-corrected chi connectivity index (χ1v) is 12.4. The third-order valence-corrected chi connectivity index (χ3v) is 6.92. The van der Waals surface area contributed by atoms with Gasteiger partial charge in [-0.25, -0.2) is 4.98 Å². The number of hydrogen-bond donors (Lipinski definition) is 4. The number of imidazole rings is 1. The van der Waals surface area contributed by atoms with Crippen molar-refractivity contribution in [1.82, 2.24) is 19.5 Å². The number of nitrogens with zero attached hydrogens (tertiary/aromatic N) is 3. The Hall–Kier alpha value is -4.63. The van der Waals surface area contributed by atoms with E-state index in [9.17, 15) is 24.6 Å². The number of nitrogens with two attached hydrogens (primary N) is 1. The average Bonchev–Trinajstić information content (AvgIpc) is 3.53. The highest BCUT2D eigenvalue weighted by atomic mass is 16.7. The summed E-state index contributed by atoms with van der Waals surface area (Å²) in [6.45, 7) is -1.54. The highest BCUT2D eigenvalue weighted by molar-refractivity contribution is 6.02. The van der Waals surface area contributed by atoms with Gasteiger partial charge in [-0.05, 0) is 11.1 Å². The zero-order chi connectivity index (χ0) is 29.2. The first-order chi connectivity index (χ1) is 19.8. The minimum Gasteiger partial charge on any atom is -0.460 e. The van der Waals surface area contributed by atoms with Crippen molar-refractivity contribution in [2.45, 2.75) is 31.3 Å². The quantitative estimate of drug-likeness (QED) is 0.161. The monoisotopic (exact) mass is 565 g/mol. The van der Waals surface area contributed by atoms with Crippen LogP contribution in [0.25, 0.3) is 11.2 Å². The lowest BCUT2D eigenvalue weighted by molar-refractivity contribution is -0.269. The Kier molecular flexibility index (Phi) is 7.55. The van der Waals surface area contributed by atoms with Crippen molar-refractivity contribution in [2.75, 3.05) is 19.5 Å². The van der Waals surface area contributed by atoms with Gasteiger partial charge >= 0.3 is 11.9 Å². The van der Waals surface area contributed by atoms with Crippen LogP contribution in [-0.2, 0) is 41.8 Å². The molecule has 41 heavy (non-hydrogen) atoms. The number of rotatable bonds is 9. The summed E-state index contributed by atoms with van der Waals surface area (Å²) in [6, 6.07) is 17.3. The molecule has 2 aromatic carbocycles. The molecule has 14 nitrogen and oxygen atoms in total. The Labute approximate surface area is 232 Å². The number of methoxy groups -OCH3 is 1. The van der Waals surface area contributed by atoms with Gasteiger partial charge in [-0.15, -0.1) is 0 Å². The van der Waals surface area contributed by atoms with Crippen molar-refractivity contribution in [3.8, 4) is 0 Å². The Balaban J connectivity index is 1.66. The third-order valence-electron chi connectivity index (χ3n) is 6.92. The van der Waals surface area contributed by atoms with Gasteiger partial charge in [0.2, 0.25) is 17.2 Å². The van der Waals surface area contributed by atoms with Crippen LogP contribution in [0, 0.1) is 5.41 Å². The van der Waals surface area contributed by atoms with E-state index in [0.717, 1.165) is 18.0 Å². The second kappa shape index (κ2) is 11.1.